The normalized spacial score (nSPS) is 14.4. The number of nitrogens with zero attached hydrogens (tertiary/aromatic N) is 3. The average Bonchev–Trinajstić information content (AvgIpc) is 3.53. The summed E-state index contributed by atoms with van der Waals surface area (Å²) in [7, 11) is 0. The van der Waals surface area contributed by atoms with Gasteiger partial charge in [0, 0.05) is 61.2 Å². The SMILES string of the molecule is O=C(C[C@@H](c1cccc([N+](=O)[O-])c1)c1cn(Cc2ccc(F)cc2)c2ccccc12)N1CCCC1. The number of para-hydroxylation sites is 1. The van der Waals surface area contributed by atoms with Gasteiger partial charge >= 0.3 is 0 Å². The Bertz CT molecular complexity index is 1370. The Morgan fingerprint density at radius 1 is 1.00 bits per heavy atom. The third-order valence-corrected chi connectivity index (χ3v) is 6.78. The van der Waals surface area contributed by atoms with Crippen LogP contribution in [-0.2, 0) is 11.3 Å². The summed E-state index contributed by atoms with van der Waals surface area (Å²) in [6.07, 6.45) is 4.29. The number of aromatic nitrogens is 1. The van der Waals surface area contributed by atoms with E-state index in [1.807, 2.05) is 41.4 Å². The molecule has 0 radical (unpaired) electrons. The van der Waals surface area contributed by atoms with E-state index < -0.39 is 4.92 Å². The van der Waals surface area contributed by atoms with Gasteiger partial charge in [-0.15, -0.1) is 0 Å². The summed E-state index contributed by atoms with van der Waals surface area (Å²) in [4.78, 5) is 26.2. The topological polar surface area (TPSA) is 68.4 Å². The van der Waals surface area contributed by atoms with Crippen LogP contribution in [0.1, 0.15) is 41.9 Å². The van der Waals surface area contributed by atoms with Crippen LogP contribution in [0.25, 0.3) is 10.9 Å². The van der Waals surface area contributed by atoms with E-state index >= 15 is 0 Å². The molecule has 178 valence electrons. The number of carbonyl (C=O) groups is 1. The lowest BCUT2D eigenvalue weighted by atomic mass is 9.87. The summed E-state index contributed by atoms with van der Waals surface area (Å²) in [6.45, 7) is 2.06. The average molecular weight is 472 g/mol. The number of halogens is 1. The second kappa shape index (κ2) is 9.70. The van der Waals surface area contributed by atoms with Gasteiger partial charge in [-0.2, -0.15) is 0 Å². The Morgan fingerprint density at radius 3 is 2.49 bits per heavy atom. The summed E-state index contributed by atoms with van der Waals surface area (Å²) in [6, 6.07) is 21.0. The van der Waals surface area contributed by atoms with Crippen LogP contribution in [0.2, 0.25) is 0 Å². The number of benzene rings is 3. The minimum absolute atomic E-state index is 0.0103. The van der Waals surface area contributed by atoms with Crippen LogP contribution in [0.15, 0.2) is 79.0 Å². The number of likely N-dealkylation sites (tertiary alicyclic amines) is 1. The maximum absolute atomic E-state index is 13.4. The smallest absolute Gasteiger partial charge is 0.269 e. The molecule has 4 aromatic rings. The molecule has 1 aliphatic rings. The summed E-state index contributed by atoms with van der Waals surface area (Å²) < 4.78 is 15.5. The number of rotatable bonds is 7. The zero-order valence-electron chi connectivity index (χ0n) is 19.3. The molecule has 1 atom stereocenters. The first kappa shape index (κ1) is 22.8. The van der Waals surface area contributed by atoms with Gasteiger partial charge in [-0.05, 0) is 47.7 Å². The second-order valence-corrected chi connectivity index (χ2v) is 9.05. The number of fused-ring (bicyclic) bond motifs is 1. The lowest BCUT2D eigenvalue weighted by Crippen LogP contribution is -2.29. The molecule has 0 spiro atoms. The second-order valence-electron chi connectivity index (χ2n) is 9.05. The fourth-order valence-electron chi connectivity index (χ4n) is 5.00. The highest BCUT2D eigenvalue weighted by Gasteiger charge is 2.27. The first-order chi connectivity index (χ1) is 17.0. The van der Waals surface area contributed by atoms with Crippen LogP contribution >= 0.6 is 0 Å². The van der Waals surface area contributed by atoms with E-state index in [-0.39, 0.29) is 29.8 Å². The summed E-state index contributed by atoms with van der Waals surface area (Å²) >= 11 is 0. The van der Waals surface area contributed by atoms with Crippen molar-refractivity contribution in [2.45, 2.75) is 31.7 Å². The first-order valence-corrected chi connectivity index (χ1v) is 11.8. The Kier molecular flexibility index (Phi) is 6.31. The Hall–Kier alpha value is -4.00. The summed E-state index contributed by atoms with van der Waals surface area (Å²) in [5.41, 5.74) is 3.66. The van der Waals surface area contributed by atoms with Crippen molar-refractivity contribution in [1.82, 2.24) is 9.47 Å². The van der Waals surface area contributed by atoms with Gasteiger partial charge in [0.2, 0.25) is 5.91 Å². The standard InChI is InChI=1S/C28H26FN3O3/c29-22-12-10-20(11-13-22)18-31-19-26(24-8-1-2-9-27(24)31)25(17-28(33)30-14-3-4-15-30)21-6-5-7-23(16-21)32(34)35/h1-2,5-13,16,19,25H,3-4,14-15,17-18H2/t25-/m0/s1. The van der Waals surface area contributed by atoms with Crippen LogP contribution in [0.5, 0.6) is 0 Å². The van der Waals surface area contributed by atoms with Gasteiger partial charge in [0.1, 0.15) is 5.82 Å². The summed E-state index contributed by atoms with van der Waals surface area (Å²) in [5, 5.41) is 12.5. The van der Waals surface area contributed by atoms with Crippen molar-refractivity contribution < 1.29 is 14.1 Å². The molecule has 1 aliphatic heterocycles. The van der Waals surface area contributed by atoms with Crippen molar-refractivity contribution in [2.24, 2.45) is 0 Å². The molecule has 35 heavy (non-hydrogen) atoms. The van der Waals surface area contributed by atoms with Crippen LogP contribution in [0, 0.1) is 15.9 Å². The number of hydrogen-bond acceptors (Lipinski definition) is 3. The number of carbonyl (C=O) groups excluding carboxylic acids is 1. The zero-order chi connectivity index (χ0) is 24.4. The molecule has 1 fully saturated rings. The summed E-state index contributed by atoms with van der Waals surface area (Å²) in [5.74, 6) is -0.547. The van der Waals surface area contributed by atoms with Crippen LogP contribution in [0.3, 0.4) is 0 Å². The van der Waals surface area contributed by atoms with Gasteiger partial charge in [-0.1, -0.05) is 42.5 Å². The fraction of sp³-hybridized carbons (Fsp3) is 0.250. The molecule has 0 aliphatic carbocycles. The maximum atomic E-state index is 13.4. The molecule has 1 aromatic heterocycles. The Morgan fingerprint density at radius 2 is 1.74 bits per heavy atom. The number of nitro benzene ring substituents is 1. The monoisotopic (exact) mass is 471 g/mol. The zero-order valence-corrected chi connectivity index (χ0v) is 19.3. The van der Waals surface area contributed by atoms with Gasteiger partial charge in [0.25, 0.3) is 5.69 Å². The van der Waals surface area contributed by atoms with Crippen LogP contribution in [-0.4, -0.2) is 33.4 Å². The quantitative estimate of drug-likeness (QED) is 0.250. The molecule has 5 rings (SSSR count). The van der Waals surface area contributed by atoms with Crippen molar-refractivity contribution in [3.05, 3.63) is 112 Å². The van der Waals surface area contributed by atoms with E-state index in [1.165, 1.54) is 18.2 Å². The van der Waals surface area contributed by atoms with Crippen molar-refractivity contribution in [3.8, 4) is 0 Å². The van der Waals surface area contributed by atoms with Gasteiger partial charge in [0.05, 0.1) is 4.92 Å². The fourth-order valence-corrected chi connectivity index (χ4v) is 5.00. The first-order valence-electron chi connectivity index (χ1n) is 11.8. The molecule has 0 N–H and O–H groups in total. The van der Waals surface area contributed by atoms with Gasteiger partial charge in [0.15, 0.2) is 0 Å². The van der Waals surface area contributed by atoms with Crippen LogP contribution in [0.4, 0.5) is 10.1 Å². The molecule has 2 heterocycles. The molecule has 7 heteroatoms. The number of amides is 1. The van der Waals surface area contributed by atoms with E-state index in [1.54, 1.807) is 24.3 Å². The van der Waals surface area contributed by atoms with Crippen LogP contribution < -0.4 is 0 Å². The third kappa shape index (κ3) is 4.80. The van der Waals surface area contributed by atoms with E-state index in [0.717, 1.165) is 53.5 Å². The number of hydrogen-bond donors (Lipinski definition) is 0. The molecule has 3 aromatic carbocycles. The highest BCUT2D eigenvalue weighted by molar-refractivity contribution is 5.87. The molecular weight excluding hydrogens is 445 g/mol. The van der Waals surface area contributed by atoms with E-state index in [9.17, 15) is 19.3 Å². The van der Waals surface area contributed by atoms with Crippen molar-refractivity contribution >= 4 is 22.5 Å². The lowest BCUT2D eigenvalue weighted by Gasteiger charge is -2.21. The van der Waals surface area contributed by atoms with Gasteiger partial charge in [-0.25, -0.2) is 4.39 Å². The maximum Gasteiger partial charge on any atom is 0.269 e. The van der Waals surface area contributed by atoms with Crippen molar-refractivity contribution in [3.63, 3.8) is 0 Å². The van der Waals surface area contributed by atoms with Gasteiger partial charge in [-0.3, -0.25) is 14.9 Å². The van der Waals surface area contributed by atoms with E-state index in [4.69, 9.17) is 0 Å². The van der Waals surface area contributed by atoms with Gasteiger partial charge < -0.3 is 9.47 Å². The molecule has 6 nitrogen and oxygen atoms in total. The number of non-ortho nitro benzene ring substituents is 1. The number of nitro groups is 1. The van der Waals surface area contributed by atoms with Crippen molar-refractivity contribution in [2.75, 3.05) is 13.1 Å². The molecule has 1 amide bonds. The Labute approximate surface area is 202 Å². The molecule has 0 unspecified atom stereocenters. The largest absolute Gasteiger partial charge is 0.343 e. The lowest BCUT2D eigenvalue weighted by molar-refractivity contribution is -0.384. The molecule has 0 saturated carbocycles. The minimum Gasteiger partial charge on any atom is -0.343 e. The highest BCUT2D eigenvalue weighted by atomic mass is 19.1. The third-order valence-electron chi connectivity index (χ3n) is 6.78. The minimum atomic E-state index is -0.402. The highest BCUT2D eigenvalue weighted by Crippen LogP contribution is 2.37. The van der Waals surface area contributed by atoms with E-state index in [2.05, 4.69) is 4.57 Å². The predicted molar refractivity (Wildman–Crippen MR) is 133 cm³/mol. The van der Waals surface area contributed by atoms with E-state index in [0.29, 0.717) is 6.54 Å². The molecule has 1 saturated heterocycles. The predicted octanol–water partition coefficient (Wildman–Crippen LogP) is 5.88. The Balaban J connectivity index is 1.59. The molecule has 0 bridgehead atoms. The molecular formula is C28H26FN3O3. The van der Waals surface area contributed by atoms with Crippen molar-refractivity contribution in [1.29, 1.82) is 0 Å².